The first kappa shape index (κ1) is 31.7. The van der Waals surface area contributed by atoms with Gasteiger partial charge in [-0.15, -0.1) is 0 Å². The maximum atomic E-state index is 13.6. The van der Waals surface area contributed by atoms with Crippen molar-refractivity contribution in [2.45, 2.75) is 50.8 Å². The fourth-order valence-corrected chi connectivity index (χ4v) is 7.38. The average molecular weight is 635 g/mol. The summed E-state index contributed by atoms with van der Waals surface area (Å²) in [6.07, 6.45) is 1.03. The zero-order valence-corrected chi connectivity index (χ0v) is 27.6. The highest BCUT2D eigenvalue weighted by Crippen LogP contribution is 2.39. The third-order valence-electron chi connectivity index (χ3n) is 8.98. The Morgan fingerprint density at radius 3 is 2.37 bits per heavy atom. The lowest BCUT2D eigenvalue weighted by molar-refractivity contribution is 0.0954. The van der Waals surface area contributed by atoms with Gasteiger partial charge in [0.15, 0.2) is 0 Å². The third-order valence-corrected chi connectivity index (χ3v) is 10.0. The minimum atomic E-state index is -0.217. The monoisotopic (exact) mass is 634 g/mol. The van der Waals surface area contributed by atoms with E-state index in [-0.39, 0.29) is 28.7 Å². The van der Waals surface area contributed by atoms with Crippen molar-refractivity contribution in [2.24, 2.45) is 5.92 Å². The van der Waals surface area contributed by atoms with E-state index < -0.39 is 0 Å². The molecule has 2 aliphatic heterocycles. The molecule has 2 bridgehead atoms. The fourth-order valence-electron chi connectivity index (χ4n) is 6.57. The zero-order chi connectivity index (χ0) is 32.3. The van der Waals surface area contributed by atoms with Gasteiger partial charge in [0.25, 0.3) is 17.4 Å². The van der Waals surface area contributed by atoms with Crippen LogP contribution in [0.1, 0.15) is 70.6 Å². The summed E-state index contributed by atoms with van der Waals surface area (Å²) in [5, 5.41) is 6.19. The van der Waals surface area contributed by atoms with Crippen molar-refractivity contribution >= 4 is 35.0 Å². The normalized spacial score (nSPS) is 17.2. The van der Waals surface area contributed by atoms with Crippen molar-refractivity contribution in [3.8, 4) is 0 Å². The molecule has 2 atom stereocenters. The van der Waals surface area contributed by atoms with E-state index >= 15 is 0 Å². The first-order chi connectivity index (χ1) is 22.2. The van der Waals surface area contributed by atoms with Crippen molar-refractivity contribution in [2.75, 3.05) is 35.6 Å². The number of anilines is 2. The predicted octanol–water partition coefficient (Wildman–Crippen LogP) is 6.69. The summed E-state index contributed by atoms with van der Waals surface area (Å²) in [6, 6.07) is 29.2. The number of hydrogen-bond acceptors (Lipinski definition) is 5. The summed E-state index contributed by atoms with van der Waals surface area (Å²) >= 11 is 1.78. The van der Waals surface area contributed by atoms with Crippen LogP contribution in [0.25, 0.3) is 0 Å². The molecule has 0 saturated carbocycles. The molecule has 8 heteroatoms. The molecule has 1 saturated heterocycles. The van der Waals surface area contributed by atoms with Gasteiger partial charge in [-0.2, -0.15) is 11.8 Å². The lowest BCUT2D eigenvalue weighted by Crippen LogP contribution is -2.47. The van der Waals surface area contributed by atoms with Gasteiger partial charge >= 0.3 is 0 Å². The molecule has 3 aromatic carbocycles. The molecule has 3 heterocycles. The minimum Gasteiger partial charge on any atom is -0.369 e. The van der Waals surface area contributed by atoms with E-state index in [9.17, 15) is 14.4 Å². The molecule has 2 amide bonds. The number of amides is 2. The van der Waals surface area contributed by atoms with E-state index in [1.54, 1.807) is 23.9 Å². The van der Waals surface area contributed by atoms with Crippen molar-refractivity contribution in [1.82, 2.24) is 9.88 Å². The van der Waals surface area contributed by atoms with Crippen LogP contribution in [-0.2, 0) is 17.7 Å². The Balaban J connectivity index is 1.21. The van der Waals surface area contributed by atoms with Crippen LogP contribution in [0.4, 0.5) is 11.4 Å². The Morgan fingerprint density at radius 2 is 1.61 bits per heavy atom. The van der Waals surface area contributed by atoms with Crippen molar-refractivity contribution in [3.63, 3.8) is 0 Å². The van der Waals surface area contributed by atoms with E-state index in [0.29, 0.717) is 35.8 Å². The van der Waals surface area contributed by atoms with Crippen LogP contribution in [0.15, 0.2) is 95.8 Å². The Kier molecular flexibility index (Phi) is 9.36. The molecule has 238 valence electrons. The number of rotatable bonds is 9. The van der Waals surface area contributed by atoms with E-state index in [0.717, 1.165) is 48.0 Å². The van der Waals surface area contributed by atoms with Crippen LogP contribution >= 0.6 is 11.8 Å². The maximum Gasteiger partial charge on any atom is 0.255 e. The molecule has 0 radical (unpaired) electrons. The highest BCUT2D eigenvalue weighted by Gasteiger charge is 2.35. The summed E-state index contributed by atoms with van der Waals surface area (Å²) in [7, 11) is 0. The van der Waals surface area contributed by atoms with Gasteiger partial charge in [-0.1, -0.05) is 69.3 Å². The molecule has 2 aliphatic rings. The highest BCUT2D eigenvalue weighted by molar-refractivity contribution is 7.98. The van der Waals surface area contributed by atoms with Crippen LogP contribution < -0.4 is 21.1 Å². The number of carbonyl (C=O) groups is 2. The molecule has 0 spiro atoms. The second-order valence-electron chi connectivity index (χ2n) is 13.4. The zero-order valence-electron chi connectivity index (χ0n) is 26.8. The minimum absolute atomic E-state index is 0.0139. The topological polar surface area (TPSA) is 83.4 Å². The van der Waals surface area contributed by atoms with Gasteiger partial charge in [0.1, 0.15) is 0 Å². The molecule has 1 aromatic heterocycles. The number of nitrogens with zero attached hydrogens (tertiary/aromatic N) is 2. The van der Waals surface area contributed by atoms with Crippen molar-refractivity contribution in [3.05, 3.63) is 129 Å². The summed E-state index contributed by atoms with van der Waals surface area (Å²) in [4.78, 5) is 41.7. The predicted molar refractivity (Wildman–Crippen MR) is 188 cm³/mol. The number of fused-ring (bicyclic) bond motifs is 4. The van der Waals surface area contributed by atoms with Crippen molar-refractivity contribution in [1.29, 1.82) is 0 Å². The second kappa shape index (κ2) is 13.6. The van der Waals surface area contributed by atoms with Crippen LogP contribution in [0, 0.1) is 5.92 Å². The molecule has 0 aliphatic carbocycles. The number of benzene rings is 3. The maximum absolute atomic E-state index is 13.6. The Bertz CT molecular complexity index is 1760. The lowest BCUT2D eigenvalue weighted by Gasteiger charge is -2.44. The molecule has 7 nitrogen and oxygen atoms in total. The lowest BCUT2D eigenvalue weighted by atomic mass is 9.83. The van der Waals surface area contributed by atoms with Crippen molar-refractivity contribution < 1.29 is 9.59 Å². The van der Waals surface area contributed by atoms with Crippen LogP contribution in [0.3, 0.4) is 0 Å². The number of aromatic nitrogens is 1. The van der Waals surface area contributed by atoms with Gasteiger partial charge in [0.05, 0.1) is 11.4 Å². The molecule has 4 aromatic rings. The largest absolute Gasteiger partial charge is 0.369 e. The summed E-state index contributed by atoms with van der Waals surface area (Å²) in [5.74, 6) is 1.84. The number of carbonyl (C=O) groups excluding carboxylic acids is 2. The number of thioether (sulfide) groups is 1. The number of pyridine rings is 1. The smallest absolute Gasteiger partial charge is 0.255 e. The summed E-state index contributed by atoms with van der Waals surface area (Å²) in [6.45, 7) is 9.18. The van der Waals surface area contributed by atoms with Gasteiger partial charge < -0.3 is 20.1 Å². The van der Waals surface area contributed by atoms with E-state index in [1.807, 2.05) is 65.2 Å². The highest BCUT2D eigenvalue weighted by atomic mass is 32.2. The third kappa shape index (κ3) is 7.23. The van der Waals surface area contributed by atoms with E-state index in [2.05, 4.69) is 54.5 Å². The molecular weight excluding hydrogens is 593 g/mol. The van der Waals surface area contributed by atoms with Gasteiger partial charge in [-0.05, 0) is 65.3 Å². The Labute approximate surface area is 275 Å². The molecule has 1 fully saturated rings. The number of hydrogen-bond donors (Lipinski definition) is 2. The van der Waals surface area contributed by atoms with Crippen LogP contribution in [0.5, 0.6) is 0 Å². The fraction of sp³-hybridized carbons (Fsp3) is 0.342. The van der Waals surface area contributed by atoms with Gasteiger partial charge in [-0.25, -0.2) is 0 Å². The van der Waals surface area contributed by atoms with Crippen LogP contribution in [0.2, 0.25) is 0 Å². The molecule has 6 rings (SSSR count). The molecule has 0 unspecified atom stereocenters. The molecular formula is C38H42N4O3S. The number of piperidine rings is 1. The molecule has 46 heavy (non-hydrogen) atoms. The second-order valence-corrected chi connectivity index (χ2v) is 14.5. The van der Waals surface area contributed by atoms with E-state index in [1.165, 1.54) is 5.56 Å². The van der Waals surface area contributed by atoms with Gasteiger partial charge in [0.2, 0.25) is 0 Å². The van der Waals surface area contributed by atoms with Gasteiger partial charge in [0, 0.05) is 66.5 Å². The molecule has 2 N–H and O–H groups in total. The average Bonchev–Trinajstić information content (AvgIpc) is 3.05. The SMILES string of the molecule is CC(C)(C)c1ccc(C(=O)Nc2cc(C(=O)NCCSCc3ccccc3)ccc2N2C[C@H]3C[C@@H](C2)c2cccc(=O)n2C3)cc1. The van der Waals surface area contributed by atoms with Crippen LogP contribution in [-0.4, -0.2) is 41.8 Å². The quantitative estimate of drug-likeness (QED) is 0.201. The first-order valence-electron chi connectivity index (χ1n) is 16.1. The van der Waals surface area contributed by atoms with Gasteiger partial charge in [-0.3, -0.25) is 14.4 Å². The standard InChI is InChI=1S/C38H42N4O3S/c1-38(2,3)31-15-12-28(13-16-31)37(45)40-32-21-29(36(44)39-18-19-46-25-26-8-5-4-6-9-26)14-17-34(32)41-22-27-20-30(24-41)33-10-7-11-35(43)42(33)23-27/h4-17,21,27,30H,18-20,22-25H2,1-3H3,(H,39,44)(H,40,45)/t27-,30+/m1/s1. The Morgan fingerprint density at radius 1 is 0.848 bits per heavy atom. The number of nitrogens with one attached hydrogen (secondary N) is 2. The first-order valence-corrected chi connectivity index (χ1v) is 17.2. The Hall–Kier alpha value is -4.30. The summed E-state index contributed by atoms with van der Waals surface area (Å²) < 4.78 is 1.92. The van der Waals surface area contributed by atoms with E-state index in [4.69, 9.17) is 0 Å². The summed E-state index contributed by atoms with van der Waals surface area (Å²) in [5.41, 5.74) is 6.10.